The fourth-order valence-electron chi connectivity index (χ4n) is 6.19. The number of carbonyl (C=O) groups is 3. The molecule has 1 saturated heterocycles. The quantitative estimate of drug-likeness (QED) is 0.288. The van der Waals surface area contributed by atoms with Gasteiger partial charge in [0.1, 0.15) is 11.2 Å². The average molecular weight is 592 g/mol. The van der Waals surface area contributed by atoms with Gasteiger partial charge in [-0.15, -0.1) is 0 Å². The van der Waals surface area contributed by atoms with Crippen molar-refractivity contribution < 1.29 is 28.2 Å². The summed E-state index contributed by atoms with van der Waals surface area (Å²) in [7, 11) is 0. The Balaban J connectivity index is 1.87. The van der Waals surface area contributed by atoms with E-state index in [2.05, 4.69) is 5.32 Å². The minimum atomic E-state index is -2.17. The summed E-state index contributed by atoms with van der Waals surface area (Å²) in [5, 5.41) is 9.02. The van der Waals surface area contributed by atoms with Crippen LogP contribution in [0.25, 0.3) is 0 Å². The average Bonchev–Trinajstić information content (AvgIpc) is 3.45. The standard InChI is InChI=1S/C32H31ClFN3O5/c1-5-41-29(39)32(30(40)42-6-2)26(21-14-12-19(3)13-15-21)31(27(35-32)22-16-17-25(34)24(33)18-22)20(4)36-37(28(31)38)23-10-8-7-9-11-23/h7-18,26-27,35H,5-6H2,1-4H3/t26-,27+,31+/m0/s1. The van der Waals surface area contributed by atoms with Gasteiger partial charge in [0, 0.05) is 5.92 Å². The number of benzene rings is 3. The second-order valence-electron chi connectivity index (χ2n) is 10.4. The van der Waals surface area contributed by atoms with Crippen LogP contribution < -0.4 is 10.3 Å². The van der Waals surface area contributed by atoms with Gasteiger partial charge in [0.05, 0.1) is 35.7 Å². The molecule has 5 rings (SSSR count). The lowest BCUT2D eigenvalue weighted by Crippen LogP contribution is -2.60. The largest absolute Gasteiger partial charge is 0.464 e. The summed E-state index contributed by atoms with van der Waals surface area (Å²) < 4.78 is 25.4. The number of halogens is 2. The molecule has 3 aromatic rings. The van der Waals surface area contributed by atoms with E-state index in [4.69, 9.17) is 26.2 Å². The number of nitrogens with one attached hydrogen (secondary N) is 1. The molecule has 1 N–H and O–H groups in total. The molecule has 1 amide bonds. The van der Waals surface area contributed by atoms with Crippen molar-refractivity contribution in [2.24, 2.45) is 10.5 Å². The number of hydrazone groups is 1. The Morgan fingerprint density at radius 2 is 1.55 bits per heavy atom. The van der Waals surface area contributed by atoms with E-state index < -0.39 is 46.6 Å². The third-order valence-electron chi connectivity index (χ3n) is 7.99. The normalized spacial score (nSPS) is 22.8. The number of aryl methyl sites for hydroxylation is 1. The Bertz CT molecular complexity index is 1540. The minimum Gasteiger partial charge on any atom is -0.464 e. The number of nitrogens with zero attached hydrogens (tertiary/aromatic N) is 2. The van der Waals surface area contributed by atoms with Crippen LogP contribution >= 0.6 is 11.6 Å². The van der Waals surface area contributed by atoms with Crippen LogP contribution in [0.4, 0.5) is 10.1 Å². The van der Waals surface area contributed by atoms with E-state index in [0.717, 1.165) is 5.56 Å². The van der Waals surface area contributed by atoms with Crippen LogP contribution in [0, 0.1) is 18.2 Å². The lowest BCUT2D eigenvalue weighted by Gasteiger charge is -2.38. The van der Waals surface area contributed by atoms with Gasteiger partial charge in [-0.1, -0.05) is 65.7 Å². The van der Waals surface area contributed by atoms with Gasteiger partial charge in [0.15, 0.2) is 0 Å². The zero-order valence-electron chi connectivity index (χ0n) is 23.7. The van der Waals surface area contributed by atoms with Crippen molar-refractivity contribution in [1.82, 2.24) is 5.32 Å². The van der Waals surface area contributed by atoms with E-state index in [-0.39, 0.29) is 18.2 Å². The molecule has 42 heavy (non-hydrogen) atoms. The Hall–Kier alpha value is -4.08. The van der Waals surface area contributed by atoms with Crippen LogP contribution in [-0.2, 0) is 23.9 Å². The number of para-hydroxylation sites is 1. The highest BCUT2D eigenvalue weighted by molar-refractivity contribution is 6.31. The van der Waals surface area contributed by atoms with Crippen LogP contribution in [0.1, 0.15) is 49.4 Å². The van der Waals surface area contributed by atoms with Crippen LogP contribution in [0.2, 0.25) is 5.02 Å². The van der Waals surface area contributed by atoms with E-state index >= 15 is 0 Å². The van der Waals surface area contributed by atoms with E-state index in [1.54, 1.807) is 57.2 Å². The molecular formula is C32H31ClFN3O5. The van der Waals surface area contributed by atoms with E-state index in [0.29, 0.717) is 22.5 Å². The Labute approximate surface area is 248 Å². The summed E-state index contributed by atoms with van der Waals surface area (Å²) in [5.41, 5.74) is -1.16. The molecule has 0 aliphatic carbocycles. The SMILES string of the molecule is CCOC(=O)C1(C(=O)OCC)N[C@H](c2ccc(F)c(Cl)c2)[C@]2(C(=O)N(c3ccccc3)N=C2C)[C@@H]1c1ccc(C)cc1. The molecule has 1 fully saturated rings. The second-order valence-corrected chi connectivity index (χ2v) is 10.8. The van der Waals surface area contributed by atoms with Gasteiger partial charge in [-0.2, -0.15) is 10.1 Å². The lowest BCUT2D eigenvalue weighted by molar-refractivity contribution is -0.166. The topological polar surface area (TPSA) is 97.3 Å². The third-order valence-corrected chi connectivity index (χ3v) is 8.28. The molecule has 0 radical (unpaired) electrons. The molecule has 3 atom stereocenters. The maximum absolute atomic E-state index is 14.9. The van der Waals surface area contributed by atoms with Gasteiger partial charge in [-0.25, -0.2) is 14.0 Å². The summed E-state index contributed by atoms with van der Waals surface area (Å²) in [6, 6.07) is 19.1. The Morgan fingerprint density at radius 1 is 0.952 bits per heavy atom. The van der Waals surface area contributed by atoms with Crippen LogP contribution in [0.5, 0.6) is 0 Å². The first kappa shape index (κ1) is 29.4. The van der Waals surface area contributed by atoms with Crippen molar-refractivity contribution in [3.05, 3.63) is 100 Å². The molecule has 0 bridgehead atoms. The molecular weight excluding hydrogens is 561 g/mol. The highest BCUT2D eigenvalue weighted by Crippen LogP contribution is 2.61. The molecule has 2 heterocycles. The van der Waals surface area contributed by atoms with Gasteiger partial charge in [0.2, 0.25) is 5.54 Å². The highest BCUT2D eigenvalue weighted by atomic mass is 35.5. The summed E-state index contributed by atoms with van der Waals surface area (Å²) >= 11 is 6.24. The Kier molecular flexibility index (Phi) is 7.92. The first-order chi connectivity index (χ1) is 20.1. The molecule has 2 aliphatic heterocycles. The second kappa shape index (κ2) is 11.3. The molecule has 2 aliphatic rings. The van der Waals surface area contributed by atoms with Crippen LogP contribution in [0.3, 0.4) is 0 Å². The van der Waals surface area contributed by atoms with Gasteiger partial charge >= 0.3 is 11.9 Å². The zero-order valence-corrected chi connectivity index (χ0v) is 24.4. The molecule has 10 heteroatoms. The predicted molar refractivity (Wildman–Crippen MR) is 157 cm³/mol. The fraction of sp³-hybridized carbons (Fsp3) is 0.312. The van der Waals surface area contributed by atoms with E-state index in [1.807, 2.05) is 25.1 Å². The molecule has 0 saturated carbocycles. The molecule has 1 spiro atoms. The number of hydrogen-bond acceptors (Lipinski definition) is 7. The highest BCUT2D eigenvalue weighted by Gasteiger charge is 2.76. The summed E-state index contributed by atoms with van der Waals surface area (Å²) in [6.07, 6.45) is 0. The van der Waals surface area contributed by atoms with Crippen molar-refractivity contribution in [1.29, 1.82) is 0 Å². The van der Waals surface area contributed by atoms with Crippen LogP contribution in [0.15, 0.2) is 77.9 Å². The third kappa shape index (κ3) is 4.39. The molecule has 8 nitrogen and oxygen atoms in total. The maximum Gasteiger partial charge on any atom is 0.338 e. The van der Waals surface area contributed by atoms with Crippen molar-refractivity contribution in [3.63, 3.8) is 0 Å². The van der Waals surface area contributed by atoms with Gasteiger partial charge in [-0.3, -0.25) is 10.1 Å². The molecule has 3 aromatic carbocycles. The molecule has 218 valence electrons. The van der Waals surface area contributed by atoms with Crippen LogP contribution in [-0.4, -0.2) is 42.3 Å². The number of rotatable bonds is 7. The predicted octanol–water partition coefficient (Wildman–Crippen LogP) is 5.49. The van der Waals surface area contributed by atoms with Crippen molar-refractivity contribution in [2.45, 2.75) is 45.2 Å². The van der Waals surface area contributed by atoms with Crippen molar-refractivity contribution >= 4 is 40.8 Å². The number of anilines is 1. The van der Waals surface area contributed by atoms with E-state index in [9.17, 15) is 18.8 Å². The van der Waals surface area contributed by atoms with Crippen molar-refractivity contribution in [2.75, 3.05) is 18.2 Å². The Morgan fingerprint density at radius 3 is 2.12 bits per heavy atom. The summed E-state index contributed by atoms with van der Waals surface area (Å²) in [4.78, 5) is 43.1. The maximum atomic E-state index is 14.9. The van der Waals surface area contributed by atoms with Gasteiger partial charge < -0.3 is 9.47 Å². The number of amides is 1. The summed E-state index contributed by atoms with van der Waals surface area (Å²) in [6.45, 7) is 6.80. The zero-order chi connectivity index (χ0) is 30.2. The van der Waals surface area contributed by atoms with Crippen molar-refractivity contribution in [3.8, 4) is 0 Å². The van der Waals surface area contributed by atoms with Gasteiger partial charge in [-0.05, 0) is 63.1 Å². The number of esters is 2. The fourth-order valence-corrected chi connectivity index (χ4v) is 6.38. The first-order valence-corrected chi connectivity index (χ1v) is 14.1. The number of carbonyl (C=O) groups excluding carboxylic acids is 3. The monoisotopic (exact) mass is 591 g/mol. The molecule has 0 aromatic heterocycles. The number of ether oxygens (including phenoxy) is 2. The smallest absolute Gasteiger partial charge is 0.338 e. The first-order valence-electron chi connectivity index (χ1n) is 13.7. The lowest BCUT2D eigenvalue weighted by atomic mass is 9.61. The van der Waals surface area contributed by atoms with Gasteiger partial charge in [0.25, 0.3) is 5.91 Å². The summed E-state index contributed by atoms with van der Waals surface area (Å²) in [5.74, 6) is -4.11. The molecule has 0 unspecified atom stereocenters. The number of hydrogen-bond donors (Lipinski definition) is 1. The minimum absolute atomic E-state index is 0.0283. The van der Waals surface area contributed by atoms with E-state index in [1.165, 1.54) is 23.2 Å².